The summed E-state index contributed by atoms with van der Waals surface area (Å²) in [6, 6.07) is 13.7. The summed E-state index contributed by atoms with van der Waals surface area (Å²) >= 11 is 0. The fourth-order valence-electron chi connectivity index (χ4n) is 2.62. The van der Waals surface area contributed by atoms with E-state index in [2.05, 4.69) is 41.8 Å². The molecule has 1 amide bonds. The number of nitrogens with one attached hydrogen (secondary N) is 2. The third kappa shape index (κ3) is 5.84. The van der Waals surface area contributed by atoms with Crippen molar-refractivity contribution in [1.29, 1.82) is 0 Å². The molecule has 2 rings (SSSR count). The molecule has 0 saturated heterocycles. The Bertz CT molecular complexity index is 726. The van der Waals surface area contributed by atoms with Crippen LogP contribution in [0.2, 0.25) is 0 Å². The number of hydrogen-bond donors (Lipinski definition) is 2. The summed E-state index contributed by atoms with van der Waals surface area (Å²) in [5.41, 5.74) is 4.59. The van der Waals surface area contributed by atoms with Crippen LogP contribution in [0.1, 0.15) is 50.8 Å². The molecule has 0 unspecified atom stereocenters. The zero-order valence-corrected chi connectivity index (χ0v) is 15.0. The molecule has 0 heterocycles. The van der Waals surface area contributed by atoms with E-state index in [-0.39, 0.29) is 5.91 Å². The molecule has 0 fully saturated rings. The molecular weight excluding hydrogens is 312 g/mol. The van der Waals surface area contributed by atoms with Gasteiger partial charge in [-0.3, -0.25) is 9.59 Å². The normalized spacial score (nSPS) is 10.5. The van der Waals surface area contributed by atoms with Crippen LogP contribution in [0.4, 0.5) is 0 Å². The Balaban J connectivity index is 1.68. The van der Waals surface area contributed by atoms with Crippen LogP contribution in [0, 0.1) is 6.92 Å². The van der Waals surface area contributed by atoms with Crippen LogP contribution in [-0.2, 0) is 13.0 Å². The Kier molecular flexibility index (Phi) is 7.36. The first-order chi connectivity index (χ1) is 12.1. The predicted octanol–water partition coefficient (Wildman–Crippen LogP) is 3.28. The van der Waals surface area contributed by atoms with Gasteiger partial charge in [0.25, 0.3) is 5.91 Å². The van der Waals surface area contributed by atoms with Crippen molar-refractivity contribution < 1.29 is 9.59 Å². The van der Waals surface area contributed by atoms with E-state index in [1.807, 2.05) is 6.92 Å². The molecule has 4 heteroatoms. The fraction of sp³-hybridized carbons (Fsp3) is 0.333. The van der Waals surface area contributed by atoms with E-state index >= 15 is 0 Å². The largest absolute Gasteiger partial charge is 0.352 e. The molecule has 25 heavy (non-hydrogen) atoms. The summed E-state index contributed by atoms with van der Waals surface area (Å²) in [6.45, 7) is 6.28. The van der Waals surface area contributed by atoms with E-state index in [1.54, 1.807) is 18.2 Å². The molecule has 0 saturated carbocycles. The predicted molar refractivity (Wildman–Crippen MR) is 101 cm³/mol. The fourth-order valence-corrected chi connectivity index (χ4v) is 2.62. The van der Waals surface area contributed by atoms with Gasteiger partial charge in [-0.05, 0) is 55.1 Å². The standard InChI is InChI=1S/C21H26N2O2/c1-3-17-6-4-7-18(12-17)14-22-10-5-11-23-21(25)19-9-8-16(2)20(13-19)15-24/h4,6-9,12-13,15,22H,3,5,10-11,14H2,1-2H3,(H,23,25). The highest BCUT2D eigenvalue weighted by Gasteiger charge is 2.07. The minimum atomic E-state index is -0.140. The van der Waals surface area contributed by atoms with Crippen LogP contribution in [0.5, 0.6) is 0 Å². The average Bonchev–Trinajstić information content (AvgIpc) is 2.64. The number of rotatable bonds is 9. The Labute approximate surface area is 149 Å². The van der Waals surface area contributed by atoms with Gasteiger partial charge in [-0.25, -0.2) is 0 Å². The van der Waals surface area contributed by atoms with E-state index in [0.717, 1.165) is 37.8 Å². The van der Waals surface area contributed by atoms with Gasteiger partial charge in [-0.15, -0.1) is 0 Å². The highest BCUT2D eigenvalue weighted by molar-refractivity contribution is 5.96. The second-order valence-electron chi connectivity index (χ2n) is 6.15. The monoisotopic (exact) mass is 338 g/mol. The lowest BCUT2D eigenvalue weighted by molar-refractivity contribution is 0.0953. The summed E-state index contributed by atoms with van der Waals surface area (Å²) in [6.07, 6.45) is 2.68. The highest BCUT2D eigenvalue weighted by atomic mass is 16.1. The van der Waals surface area contributed by atoms with Gasteiger partial charge in [0, 0.05) is 24.2 Å². The number of benzene rings is 2. The maximum Gasteiger partial charge on any atom is 0.251 e. The lowest BCUT2D eigenvalue weighted by Gasteiger charge is -2.08. The number of hydrogen-bond acceptors (Lipinski definition) is 3. The first kappa shape index (κ1) is 18.9. The van der Waals surface area contributed by atoms with E-state index < -0.39 is 0 Å². The molecule has 2 aromatic rings. The van der Waals surface area contributed by atoms with Crippen LogP contribution < -0.4 is 10.6 Å². The van der Waals surface area contributed by atoms with Crippen LogP contribution in [0.3, 0.4) is 0 Å². The van der Waals surface area contributed by atoms with Crippen LogP contribution >= 0.6 is 0 Å². The van der Waals surface area contributed by atoms with E-state index in [9.17, 15) is 9.59 Å². The van der Waals surface area contributed by atoms with Crippen molar-refractivity contribution in [3.8, 4) is 0 Å². The quantitative estimate of drug-likeness (QED) is 0.545. The lowest BCUT2D eigenvalue weighted by atomic mass is 10.1. The van der Waals surface area contributed by atoms with Gasteiger partial charge in [0.05, 0.1) is 0 Å². The number of amides is 1. The zero-order valence-electron chi connectivity index (χ0n) is 15.0. The minimum absolute atomic E-state index is 0.140. The van der Waals surface area contributed by atoms with Gasteiger partial charge in [0.2, 0.25) is 0 Å². The molecule has 2 aromatic carbocycles. The SMILES string of the molecule is CCc1cccc(CNCCCNC(=O)c2ccc(C)c(C=O)c2)c1. The maximum atomic E-state index is 12.1. The van der Waals surface area contributed by atoms with Gasteiger partial charge in [0.1, 0.15) is 6.29 Å². The Morgan fingerprint density at radius 3 is 2.64 bits per heavy atom. The number of carbonyl (C=O) groups excluding carboxylic acids is 2. The molecule has 0 aliphatic carbocycles. The number of aldehydes is 1. The highest BCUT2D eigenvalue weighted by Crippen LogP contribution is 2.09. The minimum Gasteiger partial charge on any atom is -0.352 e. The number of aryl methyl sites for hydroxylation is 2. The molecule has 0 bridgehead atoms. The Morgan fingerprint density at radius 2 is 1.88 bits per heavy atom. The van der Waals surface area contributed by atoms with Crippen molar-refractivity contribution in [1.82, 2.24) is 10.6 Å². The molecule has 0 atom stereocenters. The lowest BCUT2D eigenvalue weighted by Crippen LogP contribution is -2.27. The molecule has 2 N–H and O–H groups in total. The van der Waals surface area contributed by atoms with Crippen molar-refractivity contribution in [3.63, 3.8) is 0 Å². The third-order valence-corrected chi connectivity index (χ3v) is 4.21. The summed E-state index contributed by atoms with van der Waals surface area (Å²) in [4.78, 5) is 23.1. The van der Waals surface area contributed by atoms with Crippen molar-refractivity contribution in [2.24, 2.45) is 0 Å². The summed E-state index contributed by atoms with van der Waals surface area (Å²) in [5, 5.41) is 6.29. The molecule has 0 spiro atoms. The van der Waals surface area contributed by atoms with Crippen molar-refractivity contribution >= 4 is 12.2 Å². The van der Waals surface area contributed by atoms with Crippen LogP contribution in [0.15, 0.2) is 42.5 Å². The second kappa shape index (κ2) is 9.74. The Hall–Kier alpha value is -2.46. The van der Waals surface area contributed by atoms with Crippen LogP contribution in [-0.4, -0.2) is 25.3 Å². The number of carbonyl (C=O) groups is 2. The maximum absolute atomic E-state index is 12.1. The topological polar surface area (TPSA) is 58.2 Å². The zero-order chi connectivity index (χ0) is 18.1. The molecule has 132 valence electrons. The Morgan fingerprint density at radius 1 is 1.08 bits per heavy atom. The molecular formula is C21H26N2O2. The summed E-state index contributed by atoms with van der Waals surface area (Å²) < 4.78 is 0. The first-order valence-electron chi connectivity index (χ1n) is 8.76. The van der Waals surface area contributed by atoms with E-state index in [4.69, 9.17) is 0 Å². The molecule has 0 aromatic heterocycles. The van der Waals surface area contributed by atoms with Gasteiger partial charge < -0.3 is 10.6 Å². The molecule has 0 aliphatic rings. The van der Waals surface area contributed by atoms with Crippen LogP contribution in [0.25, 0.3) is 0 Å². The van der Waals surface area contributed by atoms with Gasteiger partial charge in [0.15, 0.2) is 0 Å². The van der Waals surface area contributed by atoms with Gasteiger partial charge >= 0.3 is 0 Å². The molecule has 0 radical (unpaired) electrons. The molecule has 0 aliphatic heterocycles. The average molecular weight is 338 g/mol. The summed E-state index contributed by atoms with van der Waals surface area (Å²) in [7, 11) is 0. The second-order valence-corrected chi connectivity index (χ2v) is 6.15. The first-order valence-corrected chi connectivity index (χ1v) is 8.76. The van der Waals surface area contributed by atoms with E-state index in [1.165, 1.54) is 11.1 Å². The van der Waals surface area contributed by atoms with E-state index in [0.29, 0.717) is 17.7 Å². The van der Waals surface area contributed by atoms with Gasteiger partial charge in [-0.2, -0.15) is 0 Å². The summed E-state index contributed by atoms with van der Waals surface area (Å²) in [5.74, 6) is -0.140. The third-order valence-electron chi connectivity index (χ3n) is 4.21. The van der Waals surface area contributed by atoms with Gasteiger partial charge in [-0.1, -0.05) is 37.3 Å². The van der Waals surface area contributed by atoms with Crippen molar-refractivity contribution in [3.05, 3.63) is 70.3 Å². The smallest absolute Gasteiger partial charge is 0.251 e. The van der Waals surface area contributed by atoms with Crippen molar-refractivity contribution in [2.45, 2.75) is 33.2 Å². The van der Waals surface area contributed by atoms with Crippen molar-refractivity contribution in [2.75, 3.05) is 13.1 Å². The molecule has 4 nitrogen and oxygen atoms in total.